The second kappa shape index (κ2) is 7.14. The molecule has 2 aromatic rings. The number of hydrogen-bond acceptors (Lipinski definition) is 1. The Hall–Kier alpha value is -2.00. The SMILES string of the molecule is CCN(C(=O)N(CC)c1ccccc1Cl)c1ccccc1. The zero-order chi connectivity index (χ0) is 15.2. The predicted octanol–water partition coefficient (Wildman–Crippen LogP) is 4.81. The zero-order valence-corrected chi connectivity index (χ0v) is 13.0. The van der Waals surface area contributed by atoms with Crippen molar-refractivity contribution in [1.29, 1.82) is 0 Å². The van der Waals surface area contributed by atoms with Crippen LogP contribution in [0.4, 0.5) is 16.2 Å². The van der Waals surface area contributed by atoms with E-state index in [0.29, 0.717) is 18.1 Å². The smallest absolute Gasteiger partial charge is 0.294 e. The number of urea groups is 1. The summed E-state index contributed by atoms with van der Waals surface area (Å²) in [7, 11) is 0. The van der Waals surface area contributed by atoms with Crippen LogP contribution in [0.15, 0.2) is 54.6 Å². The van der Waals surface area contributed by atoms with Gasteiger partial charge in [0.15, 0.2) is 0 Å². The number of hydrogen-bond donors (Lipinski definition) is 0. The molecule has 0 unspecified atom stereocenters. The molecule has 2 rings (SSSR count). The van der Waals surface area contributed by atoms with E-state index < -0.39 is 0 Å². The van der Waals surface area contributed by atoms with E-state index >= 15 is 0 Å². The monoisotopic (exact) mass is 302 g/mol. The highest BCUT2D eigenvalue weighted by molar-refractivity contribution is 6.34. The van der Waals surface area contributed by atoms with Crippen molar-refractivity contribution >= 4 is 29.0 Å². The number of benzene rings is 2. The Morgan fingerprint density at radius 2 is 1.48 bits per heavy atom. The molecule has 0 aliphatic carbocycles. The third kappa shape index (κ3) is 3.37. The fourth-order valence-electron chi connectivity index (χ4n) is 2.26. The highest BCUT2D eigenvalue weighted by Gasteiger charge is 2.22. The molecule has 0 fully saturated rings. The van der Waals surface area contributed by atoms with Crippen molar-refractivity contribution in [2.24, 2.45) is 0 Å². The van der Waals surface area contributed by atoms with E-state index in [-0.39, 0.29) is 6.03 Å². The van der Waals surface area contributed by atoms with Gasteiger partial charge in [-0.3, -0.25) is 9.80 Å². The molecule has 0 aliphatic rings. The van der Waals surface area contributed by atoms with Gasteiger partial charge in [-0.2, -0.15) is 0 Å². The second-order valence-corrected chi connectivity index (χ2v) is 4.97. The molecular weight excluding hydrogens is 284 g/mol. The van der Waals surface area contributed by atoms with E-state index in [1.54, 1.807) is 15.9 Å². The van der Waals surface area contributed by atoms with Crippen LogP contribution in [-0.2, 0) is 0 Å². The molecule has 0 atom stereocenters. The summed E-state index contributed by atoms with van der Waals surface area (Å²) in [5, 5.41) is 0.580. The molecule has 0 radical (unpaired) electrons. The number of halogens is 1. The number of carbonyl (C=O) groups is 1. The molecule has 21 heavy (non-hydrogen) atoms. The lowest BCUT2D eigenvalue weighted by molar-refractivity contribution is 0.252. The van der Waals surface area contributed by atoms with Crippen LogP contribution in [0.1, 0.15) is 13.8 Å². The molecule has 2 amide bonds. The summed E-state index contributed by atoms with van der Waals surface area (Å²) in [6.07, 6.45) is 0. The van der Waals surface area contributed by atoms with Crippen LogP contribution in [-0.4, -0.2) is 19.1 Å². The van der Waals surface area contributed by atoms with Gasteiger partial charge >= 0.3 is 6.03 Å². The van der Waals surface area contributed by atoms with Gasteiger partial charge in [-0.15, -0.1) is 0 Å². The van der Waals surface area contributed by atoms with Gasteiger partial charge in [0, 0.05) is 18.8 Å². The van der Waals surface area contributed by atoms with Crippen LogP contribution in [0, 0.1) is 0 Å². The molecule has 0 heterocycles. The maximum atomic E-state index is 12.9. The van der Waals surface area contributed by atoms with E-state index in [2.05, 4.69) is 0 Å². The van der Waals surface area contributed by atoms with E-state index in [1.807, 2.05) is 62.4 Å². The average Bonchev–Trinajstić information content (AvgIpc) is 2.52. The zero-order valence-electron chi connectivity index (χ0n) is 12.3. The topological polar surface area (TPSA) is 23.6 Å². The molecule has 4 heteroatoms. The van der Waals surface area contributed by atoms with Crippen molar-refractivity contribution in [3.63, 3.8) is 0 Å². The molecule has 0 saturated heterocycles. The Bertz CT molecular complexity index is 601. The molecule has 0 spiro atoms. The minimum absolute atomic E-state index is 0.0701. The number of carbonyl (C=O) groups excluding carboxylic acids is 1. The summed E-state index contributed by atoms with van der Waals surface area (Å²) in [5.74, 6) is 0. The maximum Gasteiger partial charge on any atom is 0.328 e. The lowest BCUT2D eigenvalue weighted by atomic mass is 10.2. The third-order valence-electron chi connectivity index (χ3n) is 3.31. The van der Waals surface area contributed by atoms with Gasteiger partial charge in [-0.25, -0.2) is 4.79 Å². The molecule has 110 valence electrons. The number of rotatable bonds is 4. The Morgan fingerprint density at radius 1 is 0.905 bits per heavy atom. The standard InChI is InChI=1S/C17H19ClN2O/c1-3-19(14-10-6-5-7-11-14)17(21)20(4-2)16-13-9-8-12-15(16)18/h5-13H,3-4H2,1-2H3. The Balaban J connectivity index is 2.33. The quantitative estimate of drug-likeness (QED) is 0.795. The Morgan fingerprint density at radius 3 is 2.05 bits per heavy atom. The number of para-hydroxylation sites is 2. The summed E-state index contributed by atoms with van der Waals surface area (Å²) < 4.78 is 0. The van der Waals surface area contributed by atoms with E-state index in [1.165, 1.54) is 0 Å². The summed E-state index contributed by atoms with van der Waals surface area (Å²) in [4.78, 5) is 16.3. The molecule has 0 bridgehead atoms. The van der Waals surface area contributed by atoms with Crippen LogP contribution in [0.3, 0.4) is 0 Å². The van der Waals surface area contributed by atoms with Gasteiger partial charge in [0.05, 0.1) is 10.7 Å². The summed E-state index contributed by atoms with van der Waals surface area (Å²) in [6, 6.07) is 17.0. The Kier molecular flexibility index (Phi) is 5.23. The first kappa shape index (κ1) is 15.4. The molecule has 0 aromatic heterocycles. The van der Waals surface area contributed by atoms with Crippen molar-refractivity contribution in [1.82, 2.24) is 0 Å². The Labute approximate surface area is 130 Å². The van der Waals surface area contributed by atoms with Crippen molar-refractivity contribution in [2.75, 3.05) is 22.9 Å². The van der Waals surface area contributed by atoms with Gasteiger partial charge in [0.25, 0.3) is 0 Å². The van der Waals surface area contributed by atoms with Crippen molar-refractivity contribution in [2.45, 2.75) is 13.8 Å². The first-order valence-electron chi connectivity index (χ1n) is 7.07. The second-order valence-electron chi connectivity index (χ2n) is 4.56. The number of amides is 2. The van der Waals surface area contributed by atoms with Crippen LogP contribution in [0.2, 0.25) is 5.02 Å². The number of anilines is 2. The molecule has 0 aliphatic heterocycles. The molecule has 2 aromatic carbocycles. The minimum atomic E-state index is -0.0701. The lowest BCUT2D eigenvalue weighted by Crippen LogP contribution is -2.43. The van der Waals surface area contributed by atoms with Gasteiger partial charge < -0.3 is 0 Å². The fraction of sp³-hybridized carbons (Fsp3) is 0.235. The van der Waals surface area contributed by atoms with Gasteiger partial charge in [0.2, 0.25) is 0 Å². The third-order valence-corrected chi connectivity index (χ3v) is 3.62. The van der Waals surface area contributed by atoms with Crippen molar-refractivity contribution in [3.8, 4) is 0 Å². The van der Waals surface area contributed by atoms with Gasteiger partial charge in [-0.05, 0) is 38.1 Å². The molecular formula is C17H19ClN2O. The minimum Gasteiger partial charge on any atom is -0.294 e. The van der Waals surface area contributed by atoms with Crippen LogP contribution in [0.5, 0.6) is 0 Å². The predicted molar refractivity (Wildman–Crippen MR) is 89.3 cm³/mol. The fourth-order valence-corrected chi connectivity index (χ4v) is 2.50. The first-order chi connectivity index (χ1) is 10.2. The lowest BCUT2D eigenvalue weighted by Gasteiger charge is -2.29. The highest BCUT2D eigenvalue weighted by atomic mass is 35.5. The molecule has 0 saturated carbocycles. The van der Waals surface area contributed by atoms with Gasteiger partial charge in [0.1, 0.15) is 0 Å². The van der Waals surface area contributed by atoms with Gasteiger partial charge in [-0.1, -0.05) is 41.9 Å². The summed E-state index contributed by atoms with van der Waals surface area (Å²) >= 11 is 6.22. The summed E-state index contributed by atoms with van der Waals surface area (Å²) in [5.41, 5.74) is 1.62. The van der Waals surface area contributed by atoms with E-state index in [4.69, 9.17) is 11.6 Å². The maximum absolute atomic E-state index is 12.9. The van der Waals surface area contributed by atoms with Crippen LogP contribution in [0.25, 0.3) is 0 Å². The number of nitrogens with zero attached hydrogens (tertiary/aromatic N) is 2. The van der Waals surface area contributed by atoms with E-state index in [0.717, 1.165) is 11.4 Å². The molecule has 0 N–H and O–H groups in total. The van der Waals surface area contributed by atoms with Crippen LogP contribution < -0.4 is 9.80 Å². The first-order valence-corrected chi connectivity index (χ1v) is 7.45. The van der Waals surface area contributed by atoms with Crippen molar-refractivity contribution in [3.05, 3.63) is 59.6 Å². The largest absolute Gasteiger partial charge is 0.328 e. The summed E-state index contributed by atoms with van der Waals surface area (Å²) in [6.45, 7) is 5.07. The highest BCUT2D eigenvalue weighted by Crippen LogP contribution is 2.27. The average molecular weight is 303 g/mol. The molecule has 3 nitrogen and oxygen atoms in total. The van der Waals surface area contributed by atoms with Crippen LogP contribution >= 0.6 is 11.6 Å². The normalized spacial score (nSPS) is 10.2. The van der Waals surface area contributed by atoms with Crippen molar-refractivity contribution < 1.29 is 4.79 Å². The van der Waals surface area contributed by atoms with E-state index in [9.17, 15) is 4.79 Å².